The molecule has 0 radical (unpaired) electrons. The fourth-order valence-electron chi connectivity index (χ4n) is 5.29. The number of carbonyl (C=O) groups is 3. The van der Waals surface area contributed by atoms with E-state index in [-0.39, 0.29) is 35.5 Å². The van der Waals surface area contributed by atoms with E-state index in [0.717, 1.165) is 18.3 Å². The molecule has 2 aromatic rings. The van der Waals surface area contributed by atoms with Gasteiger partial charge in [0.15, 0.2) is 17.7 Å². The van der Waals surface area contributed by atoms with E-state index in [1.165, 1.54) is 6.07 Å². The summed E-state index contributed by atoms with van der Waals surface area (Å²) in [4.78, 5) is 41.4. The van der Waals surface area contributed by atoms with E-state index in [0.29, 0.717) is 35.6 Å². The van der Waals surface area contributed by atoms with Crippen molar-refractivity contribution < 1.29 is 37.0 Å². The molecule has 2 heterocycles. The summed E-state index contributed by atoms with van der Waals surface area (Å²) in [6, 6.07) is 6.88. The molecule has 34 heavy (non-hydrogen) atoms. The van der Waals surface area contributed by atoms with Crippen LogP contribution in [-0.2, 0) is 4.79 Å². The van der Waals surface area contributed by atoms with Crippen molar-refractivity contribution in [1.82, 2.24) is 10.3 Å². The minimum atomic E-state index is -4.84. The monoisotopic (exact) mass is 494 g/mol. The Kier molecular flexibility index (Phi) is 5.12. The number of carbonyl (C=O) groups excluding carboxylic acids is 3. The molecule has 178 valence electrons. The molecule has 0 spiro atoms. The number of ether oxygens (including phenoxy) is 2. The quantitative estimate of drug-likeness (QED) is 0.644. The lowest BCUT2D eigenvalue weighted by molar-refractivity contribution is -0.274. The number of nitrogens with zero attached hydrogens (tertiary/aromatic N) is 1. The van der Waals surface area contributed by atoms with Gasteiger partial charge in [-0.2, -0.15) is 0 Å². The van der Waals surface area contributed by atoms with Gasteiger partial charge in [0.25, 0.3) is 5.91 Å². The van der Waals surface area contributed by atoms with Gasteiger partial charge in [-0.3, -0.25) is 14.4 Å². The lowest BCUT2D eigenvalue weighted by Gasteiger charge is -2.70. The van der Waals surface area contributed by atoms with Crippen LogP contribution in [0.5, 0.6) is 11.5 Å². The van der Waals surface area contributed by atoms with Crippen LogP contribution in [0.4, 0.5) is 13.2 Å². The van der Waals surface area contributed by atoms with E-state index in [4.69, 9.17) is 16.3 Å². The number of nitrogens with one attached hydrogen (secondary N) is 1. The van der Waals surface area contributed by atoms with E-state index in [1.807, 2.05) is 0 Å². The fraction of sp³-hybridized carbons (Fsp3) is 0.391. The first kappa shape index (κ1) is 22.6. The molecule has 3 saturated carbocycles. The molecule has 3 fully saturated rings. The van der Waals surface area contributed by atoms with Crippen LogP contribution in [0.15, 0.2) is 36.5 Å². The largest absolute Gasteiger partial charge is 0.573 e. The van der Waals surface area contributed by atoms with E-state index in [9.17, 15) is 27.6 Å². The first-order chi connectivity index (χ1) is 15.9. The van der Waals surface area contributed by atoms with Gasteiger partial charge in [-0.25, -0.2) is 4.98 Å². The predicted octanol–water partition coefficient (Wildman–Crippen LogP) is 4.28. The van der Waals surface area contributed by atoms with Crippen molar-refractivity contribution in [2.75, 3.05) is 0 Å². The summed E-state index contributed by atoms with van der Waals surface area (Å²) in [6.07, 6.45) is -2.85. The number of benzene rings is 1. The minimum absolute atomic E-state index is 0.0303. The van der Waals surface area contributed by atoms with Gasteiger partial charge in [-0.1, -0.05) is 11.6 Å². The number of fused-ring (bicyclic) bond motifs is 1. The highest BCUT2D eigenvalue weighted by molar-refractivity contribution is 6.31. The molecule has 1 atom stereocenters. The van der Waals surface area contributed by atoms with Crippen molar-refractivity contribution in [2.24, 2.45) is 5.41 Å². The summed E-state index contributed by atoms with van der Waals surface area (Å²) < 4.78 is 46.2. The third-order valence-electron chi connectivity index (χ3n) is 6.51. The van der Waals surface area contributed by atoms with Crippen molar-refractivity contribution in [3.8, 4) is 11.5 Å². The second kappa shape index (κ2) is 7.69. The zero-order chi connectivity index (χ0) is 24.3. The number of Topliss-reactive ketones (excluding diaryl/α,β-unsaturated/α-hetero) is 2. The predicted molar refractivity (Wildman–Crippen MR) is 112 cm³/mol. The highest BCUT2D eigenvalue weighted by Crippen LogP contribution is 2.69. The normalized spacial score (nSPS) is 26.9. The van der Waals surface area contributed by atoms with Gasteiger partial charge in [0.1, 0.15) is 17.2 Å². The molecule has 1 aromatic carbocycles. The third kappa shape index (κ3) is 4.22. The lowest BCUT2D eigenvalue weighted by Crippen LogP contribution is -2.75. The van der Waals surface area contributed by atoms with Gasteiger partial charge in [0.05, 0.1) is 18.2 Å². The Labute approximate surface area is 196 Å². The molecule has 1 aromatic heterocycles. The smallest absolute Gasteiger partial charge is 0.481 e. The molecular formula is C23H18ClF3N2O5. The summed E-state index contributed by atoms with van der Waals surface area (Å²) in [7, 11) is 0. The van der Waals surface area contributed by atoms with E-state index >= 15 is 0 Å². The Balaban J connectivity index is 1.14. The van der Waals surface area contributed by atoms with Crippen LogP contribution in [0.25, 0.3) is 0 Å². The molecule has 1 N–H and O–H groups in total. The van der Waals surface area contributed by atoms with Gasteiger partial charge >= 0.3 is 6.36 Å². The molecule has 4 aliphatic rings. The van der Waals surface area contributed by atoms with Crippen molar-refractivity contribution in [3.63, 3.8) is 0 Å². The first-order valence-corrected chi connectivity index (χ1v) is 10.9. The van der Waals surface area contributed by atoms with Crippen molar-refractivity contribution in [3.05, 3.63) is 52.8 Å². The van der Waals surface area contributed by atoms with Crippen molar-refractivity contribution >= 4 is 29.1 Å². The maximum absolute atomic E-state index is 12.8. The topological polar surface area (TPSA) is 94.6 Å². The molecule has 11 heteroatoms. The summed E-state index contributed by atoms with van der Waals surface area (Å²) in [5.41, 5.74) is -0.352. The van der Waals surface area contributed by atoms with E-state index in [2.05, 4.69) is 15.0 Å². The highest BCUT2D eigenvalue weighted by atomic mass is 35.5. The molecule has 1 amide bonds. The number of pyridine rings is 1. The first-order valence-electron chi connectivity index (χ1n) is 10.5. The van der Waals surface area contributed by atoms with Gasteiger partial charge in [-0.05, 0) is 55.0 Å². The Morgan fingerprint density at radius 3 is 2.59 bits per heavy atom. The summed E-state index contributed by atoms with van der Waals surface area (Å²) in [5.74, 6) is -1.02. The Bertz CT molecular complexity index is 1180. The number of rotatable bonds is 6. The van der Waals surface area contributed by atoms with Gasteiger partial charge < -0.3 is 14.8 Å². The molecule has 2 bridgehead atoms. The van der Waals surface area contributed by atoms with Gasteiger partial charge in [-0.15, -0.1) is 13.2 Å². The average Bonchev–Trinajstić information content (AvgIpc) is 2.70. The van der Waals surface area contributed by atoms with Crippen LogP contribution >= 0.6 is 11.6 Å². The molecule has 7 nitrogen and oxygen atoms in total. The van der Waals surface area contributed by atoms with Crippen molar-refractivity contribution in [2.45, 2.75) is 50.1 Å². The number of hydrogen-bond donors (Lipinski definition) is 1. The number of amides is 1. The summed E-state index contributed by atoms with van der Waals surface area (Å²) in [5, 5.41) is 3.29. The summed E-state index contributed by atoms with van der Waals surface area (Å²) >= 11 is 5.92. The molecule has 0 unspecified atom stereocenters. The maximum atomic E-state index is 12.8. The molecule has 3 aliphatic carbocycles. The van der Waals surface area contributed by atoms with Gasteiger partial charge in [0.2, 0.25) is 0 Å². The van der Waals surface area contributed by atoms with Crippen molar-refractivity contribution in [1.29, 1.82) is 0 Å². The lowest BCUT2D eigenvalue weighted by atomic mass is 9.38. The van der Waals surface area contributed by atoms with Crippen LogP contribution < -0.4 is 14.8 Å². The second-order valence-corrected chi connectivity index (χ2v) is 9.65. The summed E-state index contributed by atoms with van der Waals surface area (Å²) in [6.45, 7) is 0. The number of hydrogen-bond acceptors (Lipinski definition) is 6. The van der Waals surface area contributed by atoms with Gasteiger partial charge in [0, 0.05) is 17.0 Å². The zero-order valence-corrected chi connectivity index (χ0v) is 18.3. The van der Waals surface area contributed by atoms with Crippen LogP contribution in [0.1, 0.15) is 53.0 Å². The fourth-order valence-corrected chi connectivity index (χ4v) is 5.46. The Morgan fingerprint density at radius 1 is 1.21 bits per heavy atom. The van der Waals surface area contributed by atoms with E-state index < -0.39 is 29.7 Å². The highest BCUT2D eigenvalue weighted by Gasteiger charge is 2.69. The third-order valence-corrected chi connectivity index (χ3v) is 6.75. The zero-order valence-electron chi connectivity index (χ0n) is 17.6. The SMILES string of the molecule is O=C(NC12CC(CC(=O)[C@H]3CC(=O)c4cc(Cl)ccc4O3)(C1)C2)c1ccc(OC(F)(F)F)cn1. The molecule has 0 saturated heterocycles. The van der Waals surface area contributed by atoms with Crippen LogP contribution in [-0.4, -0.2) is 40.5 Å². The van der Waals surface area contributed by atoms with Crippen LogP contribution in [0.2, 0.25) is 5.02 Å². The Morgan fingerprint density at radius 2 is 1.94 bits per heavy atom. The molecule has 1 aliphatic heterocycles. The van der Waals surface area contributed by atoms with E-state index in [1.54, 1.807) is 12.1 Å². The maximum Gasteiger partial charge on any atom is 0.573 e. The minimum Gasteiger partial charge on any atom is -0.481 e. The second-order valence-electron chi connectivity index (χ2n) is 9.21. The van der Waals surface area contributed by atoms with Crippen LogP contribution in [0.3, 0.4) is 0 Å². The molecular weight excluding hydrogens is 477 g/mol. The number of halogens is 4. The van der Waals surface area contributed by atoms with Crippen LogP contribution in [0, 0.1) is 5.41 Å². The average molecular weight is 495 g/mol. The number of ketones is 2. The molecule has 6 rings (SSSR count). The number of aromatic nitrogens is 1. The number of alkyl halides is 3. The standard InChI is InChI=1S/C23H18ClF3N2O5/c24-12-1-4-18-14(5-12)16(30)6-19(33-18)17(31)7-21-9-22(10-21,11-21)29-20(32)15-3-2-13(8-28-15)34-23(25,26)27/h1-5,8,19H,6-7,9-11H2,(H,29,32)/t19-,21?,22?/m1/s1. The Hall–Kier alpha value is -3.14.